The van der Waals surface area contributed by atoms with Crippen LogP contribution in [0.15, 0.2) is 0 Å². The largest absolute Gasteiger partial charge is 0.467 e. The quantitative estimate of drug-likeness (QED) is 0.715. The van der Waals surface area contributed by atoms with Crippen molar-refractivity contribution < 1.29 is 24.2 Å². The maximum absolute atomic E-state index is 11.6. The Morgan fingerprint density at radius 3 is 2.76 bits per heavy atom. The highest BCUT2D eigenvalue weighted by Crippen LogP contribution is 2.48. The molecule has 0 bridgehead atoms. The average Bonchev–Trinajstić information content (AvgIpc) is 3.04. The van der Waals surface area contributed by atoms with Crippen LogP contribution in [0.5, 0.6) is 0 Å². The SMILES string of the molecule is COC(=O)C(NC(=O)O)C1CCOC2(CC2)C1. The highest BCUT2D eigenvalue weighted by Gasteiger charge is 2.50. The zero-order chi connectivity index (χ0) is 12.5. The molecule has 1 aliphatic carbocycles. The van der Waals surface area contributed by atoms with E-state index in [1.807, 2.05) is 0 Å². The zero-order valence-corrected chi connectivity index (χ0v) is 9.77. The van der Waals surface area contributed by atoms with Gasteiger partial charge in [-0.25, -0.2) is 9.59 Å². The second-order valence-electron chi connectivity index (χ2n) is 4.73. The molecule has 2 unspecified atom stereocenters. The minimum Gasteiger partial charge on any atom is -0.467 e. The second kappa shape index (κ2) is 4.52. The lowest BCUT2D eigenvalue weighted by molar-refractivity contribution is -0.146. The van der Waals surface area contributed by atoms with Gasteiger partial charge in [-0.1, -0.05) is 0 Å². The van der Waals surface area contributed by atoms with Crippen LogP contribution < -0.4 is 5.32 Å². The van der Waals surface area contributed by atoms with Crippen LogP contribution >= 0.6 is 0 Å². The van der Waals surface area contributed by atoms with Crippen molar-refractivity contribution in [3.63, 3.8) is 0 Å². The summed E-state index contributed by atoms with van der Waals surface area (Å²) in [7, 11) is 1.27. The number of rotatable bonds is 3. The first kappa shape index (κ1) is 12.2. The van der Waals surface area contributed by atoms with Crippen LogP contribution in [0.2, 0.25) is 0 Å². The third kappa shape index (κ3) is 2.69. The van der Waals surface area contributed by atoms with Gasteiger partial charge in [0.2, 0.25) is 0 Å². The molecule has 2 rings (SSSR count). The van der Waals surface area contributed by atoms with Gasteiger partial charge in [-0.05, 0) is 31.6 Å². The molecule has 2 aliphatic rings. The average molecular weight is 243 g/mol. The van der Waals surface area contributed by atoms with E-state index in [9.17, 15) is 9.59 Å². The van der Waals surface area contributed by atoms with E-state index in [0.29, 0.717) is 13.0 Å². The number of amides is 1. The van der Waals surface area contributed by atoms with E-state index in [4.69, 9.17) is 9.84 Å². The van der Waals surface area contributed by atoms with Crippen molar-refractivity contribution in [2.75, 3.05) is 13.7 Å². The van der Waals surface area contributed by atoms with Crippen molar-refractivity contribution in [1.29, 1.82) is 0 Å². The molecule has 2 N–H and O–H groups in total. The first-order valence-electron chi connectivity index (χ1n) is 5.77. The number of carbonyl (C=O) groups is 2. The predicted octanol–water partition coefficient (Wildman–Crippen LogP) is 0.755. The summed E-state index contributed by atoms with van der Waals surface area (Å²) in [4.78, 5) is 22.3. The molecule has 1 saturated carbocycles. The number of carboxylic acid groups (broad SMARTS) is 1. The molecule has 1 spiro atoms. The lowest BCUT2D eigenvalue weighted by atomic mass is 9.87. The molecular weight excluding hydrogens is 226 g/mol. The Labute approximate surface area is 99.3 Å². The standard InChI is InChI=1S/C11H17NO5/c1-16-9(13)8(12-10(14)15)7-2-5-17-11(6-7)3-4-11/h7-8,12H,2-6H2,1H3,(H,14,15). The van der Waals surface area contributed by atoms with Gasteiger partial charge in [0.25, 0.3) is 0 Å². The minimum absolute atomic E-state index is 0.0326. The van der Waals surface area contributed by atoms with Crippen molar-refractivity contribution in [3.8, 4) is 0 Å². The van der Waals surface area contributed by atoms with Gasteiger partial charge in [0.15, 0.2) is 0 Å². The Morgan fingerprint density at radius 2 is 2.24 bits per heavy atom. The van der Waals surface area contributed by atoms with E-state index in [-0.39, 0.29) is 11.5 Å². The summed E-state index contributed by atoms with van der Waals surface area (Å²) in [6, 6.07) is -0.779. The van der Waals surface area contributed by atoms with Crippen LogP contribution in [-0.2, 0) is 14.3 Å². The number of esters is 1. The van der Waals surface area contributed by atoms with Gasteiger partial charge < -0.3 is 19.9 Å². The van der Waals surface area contributed by atoms with E-state index in [1.165, 1.54) is 7.11 Å². The first-order valence-corrected chi connectivity index (χ1v) is 5.77. The fraction of sp³-hybridized carbons (Fsp3) is 0.818. The number of methoxy groups -OCH3 is 1. The fourth-order valence-corrected chi connectivity index (χ4v) is 2.47. The van der Waals surface area contributed by atoms with Crippen molar-refractivity contribution in [1.82, 2.24) is 5.32 Å². The fourth-order valence-electron chi connectivity index (χ4n) is 2.47. The first-order chi connectivity index (χ1) is 8.06. The second-order valence-corrected chi connectivity index (χ2v) is 4.73. The predicted molar refractivity (Wildman–Crippen MR) is 57.6 cm³/mol. The number of ether oxygens (including phenoxy) is 2. The van der Waals surface area contributed by atoms with Gasteiger partial charge in [-0.3, -0.25) is 0 Å². The molecule has 1 heterocycles. The maximum Gasteiger partial charge on any atom is 0.405 e. The molecule has 2 atom stereocenters. The summed E-state index contributed by atoms with van der Waals surface area (Å²) < 4.78 is 10.3. The smallest absolute Gasteiger partial charge is 0.405 e. The van der Waals surface area contributed by atoms with Crippen LogP contribution in [0.25, 0.3) is 0 Å². The molecule has 1 aliphatic heterocycles. The molecule has 6 heteroatoms. The van der Waals surface area contributed by atoms with E-state index in [0.717, 1.165) is 19.3 Å². The molecule has 6 nitrogen and oxygen atoms in total. The van der Waals surface area contributed by atoms with Crippen LogP contribution in [0.1, 0.15) is 25.7 Å². The van der Waals surface area contributed by atoms with E-state index in [1.54, 1.807) is 0 Å². The summed E-state index contributed by atoms with van der Waals surface area (Å²) in [5.41, 5.74) is -0.0879. The third-order valence-corrected chi connectivity index (χ3v) is 3.54. The Bertz CT molecular complexity index is 326. The van der Waals surface area contributed by atoms with Gasteiger partial charge >= 0.3 is 12.1 Å². The molecule has 0 aromatic rings. The van der Waals surface area contributed by atoms with Crippen molar-refractivity contribution >= 4 is 12.1 Å². The molecule has 0 aromatic carbocycles. The van der Waals surface area contributed by atoms with Crippen LogP contribution in [0.3, 0.4) is 0 Å². The Morgan fingerprint density at radius 1 is 1.53 bits per heavy atom. The van der Waals surface area contributed by atoms with Crippen molar-refractivity contribution in [2.45, 2.75) is 37.3 Å². The summed E-state index contributed by atoms with van der Waals surface area (Å²) >= 11 is 0. The van der Waals surface area contributed by atoms with E-state index < -0.39 is 18.1 Å². The Kier molecular flexibility index (Phi) is 3.24. The molecule has 17 heavy (non-hydrogen) atoms. The van der Waals surface area contributed by atoms with Gasteiger partial charge in [0.05, 0.1) is 12.7 Å². The maximum atomic E-state index is 11.6. The van der Waals surface area contributed by atoms with Gasteiger partial charge in [0, 0.05) is 6.61 Å². The van der Waals surface area contributed by atoms with Crippen molar-refractivity contribution in [3.05, 3.63) is 0 Å². The number of nitrogens with one attached hydrogen (secondary N) is 1. The summed E-state index contributed by atoms with van der Waals surface area (Å²) in [5, 5.41) is 11.0. The zero-order valence-electron chi connectivity index (χ0n) is 9.77. The Balaban J connectivity index is 2.03. The lowest BCUT2D eigenvalue weighted by Crippen LogP contribution is -2.49. The van der Waals surface area contributed by atoms with Crippen LogP contribution in [-0.4, -0.2) is 42.5 Å². The highest BCUT2D eigenvalue weighted by molar-refractivity contribution is 5.81. The van der Waals surface area contributed by atoms with Gasteiger partial charge in [0.1, 0.15) is 6.04 Å². The molecule has 2 fully saturated rings. The molecule has 0 radical (unpaired) electrons. The molecule has 96 valence electrons. The number of carbonyl (C=O) groups excluding carboxylic acids is 1. The lowest BCUT2D eigenvalue weighted by Gasteiger charge is -2.33. The van der Waals surface area contributed by atoms with Crippen LogP contribution in [0.4, 0.5) is 4.79 Å². The van der Waals surface area contributed by atoms with E-state index in [2.05, 4.69) is 10.1 Å². The minimum atomic E-state index is -1.20. The Hall–Kier alpha value is -1.30. The summed E-state index contributed by atoms with van der Waals surface area (Å²) in [6.07, 6.45) is 2.22. The molecule has 1 amide bonds. The van der Waals surface area contributed by atoms with E-state index >= 15 is 0 Å². The summed E-state index contributed by atoms with van der Waals surface area (Å²) in [5.74, 6) is -0.551. The van der Waals surface area contributed by atoms with Crippen molar-refractivity contribution in [2.24, 2.45) is 5.92 Å². The molecule has 0 aromatic heterocycles. The van der Waals surface area contributed by atoms with Gasteiger partial charge in [-0.15, -0.1) is 0 Å². The topological polar surface area (TPSA) is 84.9 Å². The molecular formula is C11H17NO5. The molecule has 1 saturated heterocycles. The van der Waals surface area contributed by atoms with Crippen LogP contribution in [0, 0.1) is 5.92 Å². The monoisotopic (exact) mass is 243 g/mol. The summed E-state index contributed by atoms with van der Waals surface area (Å²) in [6.45, 7) is 0.583. The normalized spacial score (nSPS) is 27.2. The number of hydrogen-bond acceptors (Lipinski definition) is 4. The van der Waals surface area contributed by atoms with Gasteiger partial charge in [-0.2, -0.15) is 0 Å². The highest BCUT2D eigenvalue weighted by atomic mass is 16.5. The third-order valence-electron chi connectivity index (χ3n) is 3.54. The number of hydrogen-bond donors (Lipinski definition) is 2.